The Bertz CT molecular complexity index is 408. The number of hydrogen-bond acceptors (Lipinski definition) is 4. The van der Waals surface area contributed by atoms with E-state index in [1.54, 1.807) is 0 Å². The lowest BCUT2D eigenvalue weighted by Crippen LogP contribution is -2.13. The van der Waals surface area contributed by atoms with Gasteiger partial charge in [-0.2, -0.15) is 0 Å². The SMILES string of the molecule is COC(=O)C(O)c1cc(Cl)c(F)c(OC)c1. The maximum atomic E-state index is 13.3. The van der Waals surface area contributed by atoms with Gasteiger partial charge in [0.1, 0.15) is 0 Å². The van der Waals surface area contributed by atoms with E-state index < -0.39 is 17.9 Å². The Balaban J connectivity index is 3.16. The van der Waals surface area contributed by atoms with Crippen molar-refractivity contribution in [3.63, 3.8) is 0 Å². The van der Waals surface area contributed by atoms with Crippen molar-refractivity contribution in [3.8, 4) is 5.75 Å². The van der Waals surface area contributed by atoms with Gasteiger partial charge in [-0.1, -0.05) is 11.6 Å². The topological polar surface area (TPSA) is 55.8 Å². The lowest BCUT2D eigenvalue weighted by atomic mass is 10.1. The third-order valence-electron chi connectivity index (χ3n) is 1.98. The Morgan fingerprint density at radius 1 is 1.50 bits per heavy atom. The molecule has 0 spiro atoms. The number of aliphatic hydroxyl groups is 1. The van der Waals surface area contributed by atoms with Crippen LogP contribution in [0.5, 0.6) is 5.75 Å². The maximum Gasteiger partial charge on any atom is 0.339 e. The van der Waals surface area contributed by atoms with E-state index in [9.17, 15) is 14.3 Å². The first-order valence-electron chi connectivity index (χ1n) is 4.30. The fraction of sp³-hybridized carbons (Fsp3) is 0.300. The zero-order valence-corrected chi connectivity index (χ0v) is 9.42. The molecule has 16 heavy (non-hydrogen) atoms. The largest absolute Gasteiger partial charge is 0.494 e. The third-order valence-corrected chi connectivity index (χ3v) is 2.25. The van der Waals surface area contributed by atoms with Crippen molar-refractivity contribution >= 4 is 17.6 Å². The van der Waals surface area contributed by atoms with Gasteiger partial charge in [0.2, 0.25) is 0 Å². The van der Waals surface area contributed by atoms with Gasteiger partial charge in [-0.25, -0.2) is 9.18 Å². The van der Waals surface area contributed by atoms with Crippen LogP contribution in [0.3, 0.4) is 0 Å². The summed E-state index contributed by atoms with van der Waals surface area (Å²) in [5.41, 5.74) is 0.107. The van der Waals surface area contributed by atoms with Gasteiger partial charge in [-0.15, -0.1) is 0 Å². The van der Waals surface area contributed by atoms with Gasteiger partial charge in [0, 0.05) is 0 Å². The van der Waals surface area contributed by atoms with Gasteiger partial charge in [0.15, 0.2) is 17.7 Å². The third kappa shape index (κ3) is 2.43. The molecule has 0 fully saturated rings. The lowest BCUT2D eigenvalue weighted by molar-refractivity contribution is -0.150. The van der Waals surface area contributed by atoms with Crippen LogP contribution >= 0.6 is 11.6 Å². The molecule has 1 N–H and O–H groups in total. The first-order chi connectivity index (χ1) is 7.51. The molecule has 88 valence electrons. The summed E-state index contributed by atoms with van der Waals surface area (Å²) in [5, 5.41) is 9.27. The molecule has 0 heterocycles. The maximum absolute atomic E-state index is 13.3. The van der Waals surface area contributed by atoms with Gasteiger partial charge >= 0.3 is 5.97 Å². The van der Waals surface area contributed by atoms with Crippen LogP contribution in [0.15, 0.2) is 12.1 Å². The van der Waals surface area contributed by atoms with Crippen LogP contribution in [0.2, 0.25) is 5.02 Å². The van der Waals surface area contributed by atoms with Gasteiger partial charge in [-0.3, -0.25) is 0 Å². The van der Waals surface area contributed by atoms with Crippen LogP contribution in [0, 0.1) is 5.82 Å². The molecule has 1 atom stereocenters. The minimum atomic E-state index is -1.52. The lowest BCUT2D eigenvalue weighted by Gasteiger charge is -2.11. The second kappa shape index (κ2) is 5.14. The highest BCUT2D eigenvalue weighted by molar-refractivity contribution is 6.31. The van der Waals surface area contributed by atoms with Crippen molar-refractivity contribution in [1.82, 2.24) is 0 Å². The van der Waals surface area contributed by atoms with Crippen molar-refractivity contribution in [2.45, 2.75) is 6.10 Å². The summed E-state index contributed by atoms with van der Waals surface area (Å²) in [7, 11) is 2.39. The number of carbonyl (C=O) groups is 1. The zero-order chi connectivity index (χ0) is 12.3. The van der Waals surface area contributed by atoms with E-state index in [1.165, 1.54) is 13.2 Å². The van der Waals surface area contributed by atoms with E-state index in [0.717, 1.165) is 13.2 Å². The summed E-state index contributed by atoms with van der Waals surface area (Å²) < 4.78 is 22.3. The molecule has 1 aromatic carbocycles. The molecule has 6 heteroatoms. The molecule has 1 unspecified atom stereocenters. The molecule has 0 saturated carbocycles. The summed E-state index contributed by atoms with van der Waals surface area (Å²) in [6, 6.07) is 2.32. The molecule has 0 aliphatic rings. The smallest absolute Gasteiger partial charge is 0.339 e. The number of halogens is 2. The second-order valence-electron chi connectivity index (χ2n) is 2.94. The van der Waals surface area contributed by atoms with E-state index in [0.29, 0.717) is 0 Å². The highest BCUT2D eigenvalue weighted by Gasteiger charge is 2.21. The first-order valence-corrected chi connectivity index (χ1v) is 4.68. The average molecular weight is 249 g/mol. The quantitative estimate of drug-likeness (QED) is 0.827. The van der Waals surface area contributed by atoms with E-state index in [1.807, 2.05) is 0 Å². The Hall–Kier alpha value is -1.33. The summed E-state index contributed by atoms with van der Waals surface area (Å²) in [6.45, 7) is 0. The molecule has 4 nitrogen and oxygen atoms in total. The Morgan fingerprint density at radius 2 is 2.12 bits per heavy atom. The standard InChI is InChI=1S/C10H10ClFO4/c1-15-7-4-5(3-6(11)8(7)12)9(13)10(14)16-2/h3-4,9,13H,1-2H3. The molecular formula is C10H10ClFO4. The van der Waals surface area contributed by atoms with Crippen molar-refractivity contribution in [2.75, 3.05) is 14.2 Å². The predicted octanol–water partition coefficient (Wildman–Crippen LogP) is 1.69. The van der Waals surface area contributed by atoms with Crippen molar-refractivity contribution in [3.05, 3.63) is 28.5 Å². The molecular weight excluding hydrogens is 239 g/mol. The number of benzene rings is 1. The molecule has 0 amide bonds. The average Bonchev–Trinajstić information content (AvgIpc) is 2.30. The number of ether oxygens (including phenoxy) is 2. The zero-order valence-electron chi connectivity index (χ0n) is 8.66. The van der Waals surface area contributed by atoms with Crippen LogP contribution in [0.1, 0.15) is 11.7 Å². The molecule has 0 bridgehead atoms. The predicted molar refractivity (Wildman–Crippen MR) is 54.9 cm³/mol. The molecule has 0 aliphatic heterocycles. The van der Waals surface area contributed by atoms with E-state index in [2.05, 4.69) is 4.74 Å². The van der Waals surface area contributed by atoms with Crippen LogP contribution < -0.4 is 4.74 Å². The van der Waals surface area contributed by atoms with Gasteiger partial charge < -0.3 is 14.6 Å². The highest BCUT2D eigenvalue weighted by Crippen LogP contribution is 2.29. The second-order valence-corrected chi connectivity index (χ2v) is 3.35. The van der Waals surface area contributed by atoms with Crippen LogP contribution in [0.25, 0.3) is 0 Å². The molecule has 0 radical (unpaired) electrons. The monoisotopic (exact) mass is 248 g/mol. The molecule has 1 aromatic rings. The summed E-state index contributed by atoms with van der Waals surface area (Å²) in [5.74, 6) is -1.75. The van der Waals surface area contributed by atoms with Gasteiger partial charge in [0.25, 0.3) is 0 Å². The molecule has 0 saturated heterocycles. The van der Waals surface area contributed by atoms with Crippen LogP contribution in [-0.2, 0) is 9.53 Å². The van der Waals surface area contributed by atoms with Gasteiger partial charge in [0.05, 0.1) is 19.2 Å². The van der Waals surface area contributed by atoms with Gasteiger partial charge in [-0.05, 0) is 17.7 Å². The van der Waals surface area contributed by atoms with E-state index in [4.69, 9.17) is 16.3 Å². The van der Waals surface area contributed by atoms with Crippen molar-refractivity contribution in [2.24, 2.45) is 0 Å². The fourth-order valence-corrected chi connectivity index (χ4v) is 1.36. The van der Waals surface area contributed by atoms with Crippen LogP contribution in [-0.4, -0.2) is 25.3 Å². The Morgan fingerprint density at radius 3 is 2.62 bits per heavy atom. The molecule has 0 aliphatic carbocycles. The summed E-state index contributed by atoms with van der Waals surface area (Å²) in [4.78, 5) is 11.1. The number of carbonyl (C=O) groups excluding carboxylic acids is 1. The minimum Gasteiger partial charge on any atom is -0.494 e. The minimum absolute atomic E-state index is 0.107. The summed E-state index contributed by atoms with van der Waals surface area (Å²) >= 11 is 5.57. The Labute approximate surface area is 96.5 Å². The van der Waals surface area contributed by atoms with Crippen molar-refractivity contribution < 1.29 is 23.8 Å². The number of methoxy groups -OCH3 is 2. The summed E-state index contributed by atoms with van der Waals surface area (Å²) in [6.07, 6.45) is -1.52. The normalized spacial score (nSPS) is 12.1. The number of aliphatic hydroxyl groups excluding tert-OH is 1. The number of esters is 1. The number of rotatable bonds is 3. The highest BCUT2D eigenvalue weighted by atomic mass is 35.5. The Kier molecular flexibility index (Phi) is 4.09. The number of hydrogen-bond donors (Lipinski definition) is 1. The molecule has 0 aromatic heterocycles. The van der Waals surface area contributed by atoms with E-state index >= 15 is 0 Å². The van der Waals surface area contributed by atoms with Crippen molar-refractivity contribution in [1.29, 1.82) is 0 Å². The molecule has 1 rings (SSSR count). The van der Waals surface area contributed by atoms with E-state index in [-0.39, 0.29) is 16.3 Å². The first kappa shape index (κ1) is 12.7. The fourth-order valence-electron chi connectivity index (χ4n) is 1.14. The van der Waals surface area contributed by atoms with Crippen LogP contribution in [0.4, 0.5) is 4.39 Å².